The van der Waals surface area contributed by atoms with Gasteiger partial charge >= 0.3 is 39.5 Å². The first-order chi connectivity index (χ1) is 49.8. The van der Waals surface area contributed by atoms with Crippen LogP contribution in [0.5, 0.6) is 0 Å². The average Bonchev–Trinajstić information content (AvgIpc) is 0.925. The monoisotopic (exact) mass is 1510 g/mol. The van der Waals surface area contributed by atoms with Gasteiger partial charge in [-0.25, -0.2) is 9.13 Å². The molecule has 0 aromatic carbocycles. The molecule has 103 heavy (non-hydrogen) atoms. The molecule has 0 aliphatic heterocycles. The second-order valence-corrected chi connectivity index (χ2v) is 34.3. The summed E-state index contributed by atoms with van der Waals surface area (Å²) in [6.45, 7) is 11.9. The van der Waals surface area contributed by atoms with Gasteiger partial charge in [-0.1, -0.05) is 389 Å². The first kappa shape index (κ1) is 101. The van der Waals surface area contributed by atoms with Crippen molar-refractivity contribution in [3.05, 3.63) is 0 Å². The van der Waals surface area contributed by atoms with Crippen LogP contribution in [0, 0.1) is 17.8 Å². The Balaban J connectivity index is 5.21. The molecular weight excluding hydrogens is 1340 g/mol. The molecule has 0 aromatic rings. The molecule has 0 spiro atoms. The molecule has 0 saturated carbocycles. The van der Waals surface area contributed by atoms with E-state index in [4.69, 9.17) is 37.0 Å². The Bertz CT molecular complexity index is 1990. The van der Waals surface area contributed by atoms with Gasteiger partial charge in [-0.2, -0.15) is 0 Å². The Hall–Kier alpha value is -1.94. The van der Waals surface area contributed by atoms with Gasteiger partial charge in [-0.3, -0.25) is 37.3 Å². The molecule has 17 nitrogen and oxygen atoms in total. The van der Waals surface area contributed by atoms with E-state index in [1.54, 1.807) is 0 Å². The number of phosphoric ester groups is 2. The van der Waals surface area contributed by atoms with Gasteiger partial charge in [-0.15, -0.1) is 0 Å². The minimum Gasteiger partial charge on any atom is -0.462 e. The van der Waals surface area contributed by atoms with Gasteiger partial charge < -0.3 is 33.8 Å². The first-order valence-electron chi connectivity index (χ1n) is 43.4. The number of carbonyl (C=O) groups excluding carboxylic acids is 4. The zero-order chi connectivity index (χ0) is 75.8. The average molecular weight is 1510 g/mol. The molecule has 6 atom stereocenters. The molecular formula is C84H164O17P2. The number of aliphatic hydroxyl groups is 1. The summed E-state index contributed by atoms with van der Waals surface area (Å²) in [6.07, 6.45) is 64.1. The number of ether oxygens (including phenoxy) is 4. The van der Waals surface area contributed by atoms with E-state index in [-0.39, 0.29) is 25.7 Å². The summed E-state index contributed by atoms with van der Waals surface area (Å²) in [5.74, 6) is 0.183. The van der Waals surface area contributed by atoms with Gasteiger partial charge in [0.05, 0.1) is 26.4 Å². The highest BCUT2D eigenvalue weighted by atomic mass is 31.2. The minimum absolute atomic E-state index is 0.105. The molecule has 0 aliphatic carbocycles. The van der Waals surface area contributed by atoms with Gasteiger partial charge in [-0.05, 0) is 43.4 Å². The topological polar surface area (TPSA) is 237 Å². The van der Waals surface area contributed by atoms with Crippen LogP contribution in [-0.2, 0) is 65.4 Å². The summed E-state index contributed by atoms with van der Waals surface area (Å²) in [4.78, 5) is 73.1. The van der Waals surface area contributed by atoms with Crippen LogP contribution in [0.1, 0.15) is 440 Å². The standard InChI is InChI=1S/C84H164O17P2/c1-8-10-11-12-13-14-15-16-17-18-19-20-21-22-23-24-29-34-39-44-53-60-67-83(88)100-79(71-94-81(86)65-58-51-43-38-33-28-26-25-27-32-37-42-50-57-64-77(7)9-2)73-98-102(90,91)96-69-78(85)70-97-103(92,93)99-74-80(72-95-82(87)66-59-52-47-46-49-56-63-76(5)6)101-84(89)68-61-54-45-40-35-30-31-36-41-48-55-62-75(3)4/h75-80,85H,8-74H2,1-7H3,(H,90,91)(H,92,93)/t77?,78-,79-,80-/m1/s1. The van der Waals surface area contributed by atoms with Crippen LogP contribution in [0.15, 0.2) is 0 Å². The van der Waals surface area contributed by atoms with E-state index >= 15 is 0 Å². The molecule has 3 N–H and O–H groups in total. The Kier molecular flexibility index (Phi) is 72.8. The fourth-order valence-corrected chi connectivity index (χ4v) is 14.6. The van der Waals surface area contributed by atoms with E-state index in [9.17, 15) is 43.2 Å². The summed E-state index contributed by atoms with van der Waals surface area (Å²) < 4.78 is 68.8. The van der Waals surface area contributed by atoms with E-state index in [1.165, 1.54) is 244 Å². The molecule has 0 heterocycles. The van der Waals surface area contributed by atoms with Crippen LogP contribution in [-0.4, -0.2) is 96.7 Å². The quantitative estimate of drug-likeness (QED) is 0.0222. The van der Waals surface area contributed by atoms with Gasteiger partial charge in [0.2, 0.25) is 0 Å². The molecule has 0 bridgehead atoms. The van der Waals surface area contributed by atoms with Crippen molar-refractivity contribution in [2.75, 3.05) is 39.6 Å². The van der Waals surface area contributed by atoms with Crippen LogP contribution in [0.25, 0.3) is 0 Å². The van der Waals surface area contributed by atoms with Crippen molar-refractivity contribution in [2.24, 2.45) is 17.8 Å². The number of rotatable bonds is 82. The van der Waals surface area contributed by atoms with Gasteiger partial charge in [0, 0.05) is 25.7 Å². The van der Waals surface area contributed by atoms with Gasteiger partial charge in [0.15, 0.2) is 12.2 Å². The summed E-state index contributed by atoms with van der Waals surface area (Å²) in [7, 11) is -9.92. The third kappa shape index (κ3) is 76.6. The molecule has 3 unspecified atom stereocenters. The minimum atomic E-state index is -4.96. The van der Waals surface area contributed by atoms with Crippen LogP contribution in [0.4, 0.5) is 0 Å². The Morgan fingerprint density at radius 1 is 0.282 bits per heavy atom. The molecule has 0 aliphatic rings. The summed E-state index contributed by atoms with van der Waals surface area (Å²) >= 11 is 0. The number of hydrogen-bond donors (Lipinski definition) is 3. The van der Waals surface area contributed by atoms with Crippen molar-refractivity contribution < 1.29 is 80.2 Å². The van der Waals surface area contributed by atoms with E-state index in [0.717, 1.165) is 108 Å². The van der Waals surface area contributed by atoms with Crippen molar-refractivity contribution in [3.8, 4) is 0 Å². The lowest BCUT2D eigenvalue weighted by molar-refractivity contribution is -0.161. The predicted molar refractivity (Wildman–Crippen MR) is 423 cm³/mol. The SMILES string of the molecule is CCCCCCCCCCCCCCCCCCCCCCCCC(=O)O[C@H](COC(=O)CCCCCCCCCCCCCCCCC(C)CC)COP(=O)(O)OC[C@@H](O)COP(=O)(O)OC[C@@H](COC(=O)CCCCCCCCC(C)C)OC(=O)CCCCCCCCCCCCCC(C)C. The molecule has 0 amide bonds. The third-order valence-corrected chi connectivity index (χ3v) is 21.9. The first-order valence-corrected chi connectivity index (χ1v) is 46.4. The second kappa shape index (κ2) is 74.2. The maximum atomic E-state index is 13.1. The summed E-state index contributed by atoms with van der Waals surface area (Å²) in [6, 6.07) is 0. The fourth-order valence-electron chi connectivity index (χ4n) is 13.0. The summed E-state index contributed by atoms with van der Waals surface area (Å²) in [5, 5.41) is 10.7. The molecule has 0 fully saturated rings. The Morgan fingerprint density at radius 2 is 0.495 bits per heavy atom. The largest absolute Gasteiger partial charge is 0.472 e. The molecule has 0 saturated heterocycles. The van der Waals surface area contributed by atoms with Crippen molar-refractivity contribution in [2.45, 2.75) is 458 Å². The lowest BCUT2D eigenvalue weighted by Crippen LogP contribution is -2.30. The van der Waals surface area contributed by atoms with E-state index in [1.807, 2.05) is 0 Å². The number of esters is 4. The normalized spacial score (nSPS) is 14.2. The van der Waals surface area contributed by atoms with Gasteiger partial charge in [0.1, 0.15) is 19.3 Å². The van der Waals surface area contributed by atoms with Crippen LogP contribution >= 0.6 is 15.6 Å². The maximum Gasteiger partial charge on any atom is 0.472 e. The van der Waals surface area contributed by atoms with E-state index < -0.39 is 97.5 Å². The smallest absolute Gasteiger partial charge is 0.462 e. The highest BCUT2D eigenvalue weighted by Crippen LogP contribution is 2.45. The number of phosphoric acid groups is 2. The lowest BCUT2D eigenvalue weighted by atomic mass is 9.99. The van der Waals surface area contributed by atoms with Crippen molar-refractivity contribution in [1.82, 2.24) is 0 Å². The zero-order valence-corrected chi connectivity index (χ0v) is 69.6. The number of hydrogen-bond acceptors (Lipinski definition) is 15. The van der Waals surface area contributed by atoms with Crippen molar-refractivity contribution in [3.63, 3.8) is 0 Å². The van der Waals surface area contributed by atoms with Crippen molar-refractivity contribution >= 4 is 39.5 Å². The molecule has 612 valence electrons. The molecule has 0 radical (unpaired) electrons. The van der Waals surface area contributed by atoms with Crippen molar-refractivity contribution in [1.29, 1.82) is 0 Å². The summed E-state index contributed by atoms with van der Waals surface area (Å²) in [5.41, 5.74) is 0. The predicted octanol–water partition coefficient (Wildman–Crippen LogP) is 25.3. The fraction of sp³-hybridized carbons (Fsp3) is 0.952. The van der Waals surface area contributed by atoms with Gasteiger partial charge in [0.25, 0.3) is 0 Å². The molecule has 19 heteroatoms. The van der Waals surface area contributed by atoms with E-state index in [2.05, 4.69) is 48.5 Å². The van der Waals surface area contributed by atoms with E-state index in [0.29, 0.717) is 31.6 Å². The number of carbonyl (C=O) groups is 4. The zero-order valence-electron chi connectivity index (χ0n) is 67.8. The third-order valence-electron chi connectivity index (χ3n) is 20.0. The molecule has 0 aromatic heterocycles. The highest BCUT2D eigenvalue weighted by Gasteiger charge is 2.30. The van der Waals surface area contributed by atoms with Crippen LogP contribution in [0.3, 0.4) is 0 Å². The molecule has 0 rings (SSSR count). The number of aliphatic hydroxyl groups excluding tert-OH is 1. The van der Waals surface area contributed by atoms with Crippen LogP contribution in [0.2, 0.25) is 0 Å². The number of unbranched alkanes of at least 4 members (excludes halogenated alkanes) is 49. The second-order valence-electron chi connectivity index (χ2n) is 31.4. The Morgan fingerprint density at radius 3 is 0.738 bits per heavy atom. The lowest BCUT2D eigenvalue weighted by Gasteiger charge is -2.21. The van der Waals surface area contributed by atoms with Crippen LogP contribution < -0.4 is 0 Å². The highest BCUT2D eigenvalue weighted by molar-refractivity contribution is 7.47. The maximum absolute atomic E-state index is 13.1. The Labute approximate surface area is 632 Å².